The Kier molecular flexibility index (Phi) is 4.51. The van der Waals surface area contributed by atoms with Gasteiger partial charge in [0, 0.05) is 18.8 Å². The van der Waals surface area contributed by atoms with Crippen LogP contribution in [0.5, 0.6) is 11.5 Å². The fourth-order valence-electron chi connectivity index (χ4n) is 2.82. The van der Waals surface area contributed by atoms with Gasteiger partial charge < -0.3 is 19.7 Å². The maximum atomic E-state index is 5.40. The Bertz CT molecular complexity index is 888. The van der Waals surface area contributed by atoms with E-state index >= 15 is 0 Å². The molecule has 132 valence electrons. The van der Waals surface area contributed by atoms with E-state index in [0.717, 1.165) is 35.1 Å². The van der Waals surface area contributed by atoms with Crippen LogP contribution in [0.15, 0.2) is 54.7 Å². The molecule has 0 unspecified atom stereocenters. The lowest BCUT2D eigenvalue weighted by molar-refractivity contribution is 0.174. The van der Waals surface area contributed by atoms with Gasteiger partial charge in [-0.2, -0.15) is 10.1 Å². The average molecular weight is 349 g/mol. The van der Waals surface area contributed by atoms with Crippen molar-refractivity contribution in [3.63, 3.8) is 0 Å². The van der Waals surface area contributed by atoms with Gasteiger partial charge in [-0.05, 0) is 36.8 Å². The number of para-hydroxylation sites is 1. The van der Waals surface area contributed by atoms with Gasteiger partial charge in [-0.1, -0.05) is 24.3 Å². The molecule has 1 aliphatic rings. The van der Waals surface area contributed by atoms with E-state index in [1.807, 2.05) is 48.5 Å². The number of fused-ring (bicyclic) bond motifs is 1. The van der Waals surface area contributed by atoms with E-state index in [9.17, 15) is 0 Å². The first-order valence-electron chi connectivity index (χ1n) is 8.48. The van der Waals surface area contributed by atoms with E-state index in [4.69, 9.17) is 9.47 Å². The number of hydrogen-bond acceptors (Lipinski definition) is 7. The van der Waals surface area contributed by atoms with Crippen LogP contribution in [0.25, 0.3) is 0 Å². The Morgan fingerprint density at radius 2 is 1.92 bits per heavy atom. The summed E-state index contributed by atoms with van der Waals surface area (Å²) >= 11 is 0. The van der Waals surface area contributed by atoms with Gasteiger partial charge in [0.25, 0.3) is 0 Å². The van der Waals surface area contributed by atoms with Gasteiger partial charge in [-0.25, -0.2) is 0 Å². The molecule has 0 amide bonds. The largest absolute Gasteiger partial charge is 0.454 e. The molecule has 1 aliphatic heterocycles. The topological polar surface area (TPSA) is 72.4 Å². The van der Waals surface area contributed by atoms with E-state index in [-0.39, 0.29) is 6.79 Å². The molecule has 4 rings (SSSR count). The molecule has 0 spiro atoms. The van der Waals surface area contributed by atoms with Gasteiger partial charge in [-0.3, -0.25) is 0 Å². The zero-order chi connectivity index (χ0) is 17.8. The zero-order valence-electron chi connectivity index (χ0n) is 14.4. The van der Waals surface area contributed by atoms with Crippen molar-refractivity contribution < 1.29 is 9.47 Å². The SMILES string of the molecule is CCN(c1ccccc1)c1cnnc(NCc2ccc3c(c2)OCO3)n1. The van der Waals surface area contributed by atoms with Crippen molar-refractivity contribution in [2.45, 2.75) is 13.5 Å². The fraction of sp³-hybridized carbons (Fsp3) is 0.211. The summed E-state index contributed by atoms with van der Waals surface area (Å²) in [5.74, 6) is 2.77. The monoisotopic (exact) mass is 349 g/mol. The normalized spacial score (nSPS) is 12.0. The van der Waals surface area contributed by atoms with Crippen molar-refractivity contribution in [2.75, 3.05) is 23.6 Å². The maximum absolute atomic E-state index is 5.40. The molecule has 7 heteroatoms. The fourth-order valence-corrected chi connectivity index (χ4v) is 2.82. The Balaban J connectivity index is 1.49. The molecule has 2 aromatic carbocycles. The van der Waals surface area contributed by atoms with Crippen molar-refractivity contribution >= 4 is 17.5 Å². The highest BCUT2D eigenvalue weighted by Gasteiger charge is 2.14. The summed E-state index contributed by atoms with van der Waals surface area (Å²) in [6.45, 7) is 3.70. The first kappa shape index (κ1) is 16.1. The van der Waals surface area contributed by atoms with Crippen molar-refractivity contribution in [1.82, 2.24) is 15.2 Å². The molecule has 2 heterocycles. The van der Waals surface area contributed by atoms with Gasteiger partial charge in [0.2, 0.25) is 12.7 Å². The summed E-state index contributed by atoms with van der Waals surface area (Å²) in [4.78, 5) is 6.68. The first-order chi connectivity index (χ1) is 12.8. The average Bonchev–Trinajstić information content (AvgIpc) is 3.16. The summed E-state index contributed by atoms with van der Waals surface area (Å²) in [5.41, 5.74) is 2.12. The van der Waals surface area contributed by atoms with E-state index in [2.05, 4.69) is 32.3 Å². The molecule has 0 radical (unpaired) electrons. The van der Waals surface area contributed by atoms with Crippen LogP contribution < -0.4 is 19.7 Å². The van der Waals surface area contributed by atoms with Crippen LogP contribution in [-0.2, 0) is 6.54 Å². The maximum Gasteiger partial charge on any atom is 0.244 e. The summed E-state index contributed by atoms with van der Waals surface area (Å²) in [6, 6.07) is 15.9. The lowest BCUT2D eigenvalue weighted by Crippen LogP contribution is -2.18. The summed E-state index contributed by atoms with van der Waals surface area (Å²) < 4.78 is 10.7. The van der Waals surface area contributed by atoms with Crippen LogP contribution in [-0.4, -0.2) is 28.5 Å². The summed E-state index contributed by atoms with van der Waals surface area (Å²) in [5, 5.41) is 11.4. The zero-order valence-corrected chi connectivity index (χ0v) is 14.4. The van der Waals surface area contributed by atoms with Crippen LogP contribution in [0.1, 0.15) is 12.5 Å². The second-order valence-electron chi connectivity index (χ2n) is 5.76. The standard InChI is InChI=1S/C19H19N5O2/c1-2-24(15-6-4-3-5-7-15)18-12-21-23-19(22-18)20-11-14-8-9-16-17(10-14)26-13-25-16/h3-10,12H,2,11,13H2,1H3,(H,20,22,23). The van der Waals surface area contributed by atoms with Gasteiger partial charge in [0.1, 0.15) is 0 Å². The van der Waals surface area contributed by atoms with Crippen LogP contribution in [0.4, 0.5) is 17.5 Å². The van der Waals surface area contributed by atoms with Crippen LogP contribution >= 0.6 is 0 Å². The first-order valence-corrected chi connectivity index (χ1v) is 8.48. The predicted octanol–water partition coefficient (Wildman–Crippen LogP) is 3.37. The third kappa shape index (κ3) is 3.37. The number of hydrogen-bond donors (Lipinski definition) is 1. The van der Waals surface area contributed by atoms with Crippen molar-refractivity contribution in [2.24, 2.45) is 0 Å². The van der Waals surface area contributed by atoms with Gasteiger partial charge in [0.15, 0.2) is 17.3 Å². The second-order valence-corrected chi connectivity index (χ2v) is 5.76. The number of benzene rings is 2. The number of ether oxygens (including phenoxy) is 2. The van der Waals surface area contributed by atoms with Crippen LogP contribution in [0.3, 0.4) is 0 Å². The number of aromatic nitrogens is 3. The minimum Gasteiger partial charge on any atom is -0.454 e. The van der Waals surface area contributed by atoms with E-state index in [0.29, 0.717) is 12.5 Å². The molecule has 0 fully saturated rings. The Labute approximate surface area is 151 Å². The summed E-state index contributed by atoms with van der Waals surface area (Å²) in [7, 11) is 0. The highest BCUT2D eigenvalue weighted by atomic mass is 16.7. The molecular formula is C19H19N5O2. The third-order valence-corrected chi connectivity index (χ3v) is 4.09. The van der Waals surface area contributed by atoms with Crippen LogP contribution in [0.2, 0.25) is 0 Å². The molecule has 3 aromatic rings. The van der Waals surface area contributed by atoms with Gasteiger partial charge in [-0.15, -0.1) is 5.10 Å². The molecule has 1 aromatic heterocycles. The third-order valence-electron chi connectivity index (χ3n) is 4.09. The minimum absolute atomic E-state index is 0.271. The molecule has 0 saturated heterocycles. The molecule has 7 nitrogen and oxygen atoms in total. The summed E-state index contributed by atoms with van der Waals surface area (Å²) in [6.07, 6.45) is 1.67. The van der Waals surface area contributed by atoms with Crippen molar-refractivity contribution in [1.29, 1.82) is 0 Å². The van der Waals surface area contributed by atoms with Gasteiger partial charge >= 0.3 is 0 Å². The molecule has 26 heavy (non-hydrogen) atoms. The highest BCUT2D eigenvalue weighted by molar-refractivity contribution is 5.59. The molecular weight excluding hydrogens is 330 g/mol. The highest BCUT2D eigenvalue weighted by Crippen LogP contribution is 2.32. The smallest absolute Gasteiger partial charge is 0.244 e. The van der Waals surface area contributed by atoms with E-state index in [1.54, 1.807) is 6.20 Å². The quantitative estimate of drug-likeness (QED) is 0.731. The number of nitrogens with one attached hydrogen (secondary N) is 1. The Morgan fingerprint density at radius 1 is 1.08 bits per heavy atom. The lowest BCUT2D eigenvalue weighted by Gasteiger charge is -2.21. The molecule has 0 saturated carbocycles. The molecule has 1 N–H and O–H groups in total. The van der Waals surface area contributed by atoms with E-state index in [1.165, 1.54) is 0 Å². The molecule has 0 atom stereocenters. The Hall–Kier alpha value is -3.35. The van der Waals surface area contributed by atoms with Gasteiger partial charge in [0.05, 0.1) is 6.20 Å². The minimum atomic E-state index is 0.271. The van der Waals surface area contributed by atoms with Crippen molar-refractivity contribution in [3.05, 3.63) is 60.3 Å². The van der Waals surface area contributed by atoms with Crippen molar-refractivity contribution in [3.8, 4) is 11.5 Å². The van der Waals surface area contributed by atoms with Crippen LogP contribution in [0, 0.1) is 0 Å². The Morgan fingerprint density at radius 3 is 2.77 bits per heavy atom. The number of anilines is 3. The number of rotatable bonds is 6. The second kappa shape index (κ2) is 7.26. The predicted molar refractivity (Wildman–Crippen MR) is 98.8 cm³/mol. The molecule has 0 aliphatic carbocycles. The van der Waals surface area contributed by atoms with E-state index < -0.39 is 0 Å². The molecule has 0 bridgehead atoms. The lowest BCUT2D eigenvalue weighted by atomic mass is 10.2. The number of nitrogens with zero attached hydrogens (tertiary/aromatic N) is 4.